The van der Waals surface area contributed by atoms with Crippen LogP contribution in [0.15, 0.2) is 0 Å². The Kier molecular flexibility index (Phi) is 7.91. The second-order valence-electron chi connectivity index (χ2n) is 5.33. The van der Waals surface area contributed by atoms with Gasteiger partial charge in [-0.2, -0.15) is 0 Å². The van der Waals surface area contributed by atoms with Crippen LogP contribution in [0.5, 0.6) is 0 Å². The van der Waals surface area contributed by atoms with Crippen molar-refractivity contribution in [2.75, 3.05) is 18.5 Å². The maximum absolute atomic E-state index is 11.5. The van der Waals surface area contributed by atoms with Crippen molar-refractivity contribution in [1.82, 2.24) is 0 Å². The normalized spacial score (nSPS) is 17.2. The molecule has 1 saturated heterocycles. The highest BCUT2D eigenvalue weighted by Crippen LogP contribution is 2.21. The van der Waals surface area contributed by atoms with Crippen molar-refractivity contribution in [2.24, 2.45) is 0 Å². The average molecular weight is 321 g/mol. The number of unbranched alkanes of at least 4 members (excludes halogenated alkanes) is 6. The molecule has 4 heteroatoms. The van der Waals surface area contributed by atoms with Crippen molar-refractivity contribution >= 4 is 21.9 Å². The van der Waals surface area contributed by atoms with Crippen LogP contribution in [-0.4, -0.2) is 30.1 Å². The van der Waals surface area contributed by atoms with E-state index in [1.807, 2.05) is 6.92 Å². The number of esters is 1. The summed E-state index contributed by atoms with van der Waals surface area (Å²) in [5.74, 6) is -0.0694. The number of carbonyl (C=O) groups excluding carboxylic acids is 1. The first-order valence-corrected chi connectivity index (χ1v) is 8.14. The second-order valence-corrected chi connectivity index (χ2v) is 6.12. The van der Waals surface area contributed by atoms with Gasteiger partial charge in [-0.3, -0.25) is 4.79 Å². The van der Waals surface area contributed by atoms with Gasteiger partial charge in [-0.15, -0.1) is 0 Å². The SMILES string of the molecule is CC1(OC(=O)CCCCCCCCCBr)COC1. The minimum atomic E-state index is -0.341. The standard InChI is InChI=1S/C14H25BrO3/c1-14(11-17-12-14)18-13(16)9-7-5-3-2-4-6-8-10-15/h2-12H2,1H3. The van der Waals surface area contributed by atoms with Gasteiger partial charge in [-0.25, -0.2) is 0 Å². The highest BCUT2D eigenvalue weighted by molar-refractivity contribution is 9.09. The Morgan fingerprint density at radius 1 is 1.11 bits per heavy atom. The van der Waals surface area contributed by atoms with Crippen molar-refractivity contribution in [2.45, 2.75) is 63.9 Å². The molecule has 0 aromatic rings. The molecule has 1 rings (SSSR count). The minimum absolute atomic E-state index is 0.0694. The Hall–Kier alpha value is -0.0900. The fourth-order valence-electron chi connectivity index (χ4n) is 2.02. The van der Waals surface area contributed by atoms with Gasteiger partial charge < -0.3 is 9.47 Å². The molecule has 0 atom stereocenters. The molecule has 0 amide bonds. The minimum Gasteiger partial charge on any atom is -0.454 e. The van der Waals surface area contributed by atoms with Gasteiger partial charge in [0.1, 0.15) is 0 Å². The molecule has 0 aromatic heterocycles. The van der Waals surface area contributed by atoms with Crippen molar-refractivity contribution in [3.05, 3.63) is 0 Å². The van der Waals surface area contributed by atoms with Gasteiger partial charge in [0, 0.05) is 11.8 Å². The van der Waals surface area contributed by atoms with Crippen molar-refractivity contribution in [3.63, 3.8) is 0 Å². The Morgan fingerprint density at radius 3 is 2.17 bits per heavy atom. The number of rotatable bonds is 10. The molecule has 0 saturated carbocycles. The number of hydrogen-bond acceptors (Lipinski definition) is 3. The number of ether oxygens (including phenoxy) is 2. The molecule has 0 aromatic carbocycles. The van der Waals surface area contributed by atoms with E-state index in [0.29, 0.717) is 19.6 Å². The summed E-state index contributed by atoms with van der Waals surface area (Å²) < 4.78 is 10.4. The smallest absolute Gasteiger partial charge is 0.306 e. The lowest BCUT2D eigenvalue weighted by molar-refractivity contribution is -0.206. The van der Waals surface area contributed by atoms with E-state index >= 15 is 0 Å². The van der Waals surface area contributed by atoms with E-state index in [1.165, 1.54) is 32.1 Å². The van der Waals surface area contributed by atoms with E-state index in [0.717, 1.165) is 18.2 Å². The predicted octanol–water partition coefficient (Wildman–Crippen LogP) is 3.83. The van der Waals surface area contributed by atoms with E-state index in [1.54, 1.807) is 0 Å². The maximum Gasteiger partial charge on any atom is 0.306 e. The summed E-state index contributed by atoms with van der Waals surface area (Å²) in [7, 11) is 0. The van der Waals surface area contributed by atoms with Gasteiger partial charge in [0.25, 0.3) is 0 Å². The monoisotopic (exact) mass is 320 g/mol. The number of alkyl halides is 1. The van der Waals surface area contributed by atoms with E-state index < -0.39 is 0 Å². The van der Waals surface area contributed by atoms with Crippen LogP contribution < -0.4 is 0 Å². The first kappa shape index (κ1) is 16.0. The van der Waals surface area contributed by atoms with Gasteiger partial charge in [0.15, 0.2) is 5.60 Å². The molecule has 106 valence electrons. The maximum atomic E-state index is 11.5. The fraction of sp³-hybridized carbons (Fsp3) is 0.929. The topological polar surface area (TPSA) is 35.5 Å². The summed E-state index contributed by atoms with van der Waals surface area (Å²) in [6.45, 7) is 3.02. The third-order valence-electron chi connectivity index (χ3n) is 3.19. The molecule has 0 aliphatic carbocycles. The van der Waals surface area contributed by atoms with E-state index in [-0.39, 0.29) is 11.6 Å². The van der Waals surface area contributed by atoms with Gasteiger partial charge in [-0.05, 0) is 19.8 Å². The van der Waals surface area contributed by atoms with Gasteiger partial charge in [0.05, 0.1) is 13.2 Å². The van der Waals surface area contributed by atoms with Gasteiger partial charge >= 0.3 is 5.97 Å². The number of hydrogen-bond donors (Lipinski definition) is 0. The van der Waals surface area contributed by atoms with Crippen molar-refractivity contribution < 1.29 is 14.3 Å². The highest BCUT2D eigenvalue weighted by atomic mass is 79.9. The molecule has 1 aliphatic heterocycles. The van der Waals surface area contributed by atoms with Crippen LogP contribution in [0, 0.1) is 0 Å². The molecule has 3 nitrogen and oxygen atoms in total. The predicted molar refractivity (Wildman–Crippen MR) is 76.0 cm³/mol. The first-order valence-electron chi connectivity index (χ1n) is 7.02. The second kappa shape index (κ2) is 8.92. The van der Waals surface area contributed by atoms with Crippen LogP contribution in [0.25, 0.3) is 0 Å². The molecule has 0 spiro atoms. The van der Waals surface area contributed by atoms with E-state index in [4.69, 9.17) is 9.47 Å². The Balaban J connectivity index is 1.86. The molecule has 0 N–H and O–H groups in total. The van der Waals surface area contributed by atoms with Crippen molar-refractivity contribution in [1.29, 1.82) is 0 Å². The molecule has 0 bridgehead atoms. The number of carbonyl (C=O) groups is 1. The Labute approximate surface area is 119 Å². The van der Waals surface area contributed by atoms with E-state index in [9.17, 15) is 4.79 Å². The lowest BCUT2D eigenvalue weighted by Gasteiger charge is -2.37. The fourth-order valence-corrected chi connectivity index (χ4v) is 2.42. The van der Waals surface area contributed by atoms with Crippen LogP contribution in [0.4, 0.5) is 0 Å². The van der Waals surface area contributed by atoms with Gasteiger partial charge in [-0.1, -0.05) is 48.0 Å². The largest absolute Gasteiger partial charge is 0.454 e. The third-order valence-corrected chi connectivity index (χ3v) is 3.75. The molecular formula is C14H25BrO3. The Bertz CT molecular complexity index is 239. The molecule has 0 radical (unpaired) electrons. The average Bonchev–Trinajstić information content (AvgIpc) is 2.30. The van der Waals surface area contributed by atoms with Crippen LogP contribution >= 0.6 is 15.9 Å². The zero-order valence-corrected chi connectivity index (χ0v) is 13.0. The molecule has 1 fully saturated rings. The summed E-state index contributed by atoms with van der Waals surface area (Å²) in [4.78, 5) is 11.5. The molecule has 1 heterocycles. The molecular weight excluding hydrogens is 296 g/mol. The molecule has 0 unspecified atom stereocenters. The zero-order valence-electron chi connectivity index (χ0n) is 11.4. The Morgan fingerprint density at radius 2 is 1.67 bits per heavy atom. The zero-order chi connectivity index (χ0) is 13.3. The van der Waals surface area contributed by atoms with Crippen LogP contribution in [0.1, 0.15) is 58.3 Å². The van der Waals surface area contributed by atoms with Crippen LogP contribution in [0.3, 0.4) is 0 Å². The third kappa shape index (κ3) is 6.74. The van der Waals surface area contributed by atoms with Crippen LogP contribution in [0.2, 0.25) is 0 Å². The quantitative estimate of drug-likeness (QED) is 0.348. The number of halogens is 1. The van der Waals surface area contributed by atoms with Gasteiger partial charge in [0.2, 0.25) is 0 Å². The highest BCUT2D eigenvalue weighted by Gasteiger charge is 2.37. The lowest BCUT2D eigenvalue weighted by atomic mass is 10.1. The summed E-state index contributed by atoms with van der Waals surface area (Å²) in [5, 5.41) is 1.11. The van der Waals surface area contributed by atoms with Crippen molar-refractivity contribution in [3.8, 4) is 0 Å². The first-order chi connectivity index (χ1) is 8.66. The lowest BCUT2D eigenvalue weighted by Crippen LogP contribution is -2.50. The summed E-state index contributed by atoms with van der Waals surface area (Å²) in [6, 6.07) is 0. The summed E-state index contributed by atoms with van der Waals surface area (Å²) in [5.41, 5.74) is -0.341. The summed E-state index contributed by atoms with van der Waals surface area (Å²) >= 11 is 3.43. The van der Waals surface area contributed by atoms with Crippen LogP contribution in [-0.2, 0) is 14.3 Å². The molecule has 1 aliphatic rings. The summed E-state index contributed by atoms with van der Waals surface area (Å²) in [6.07, 6.45) is 9.05. The molecule has 18 heavy (non-hydrogen) atoms. The van der Waals surface area contributed by atoms with E-state index in [2.05, 4.69) is 15.9 Å².